The second-order valence-corrected chi connectivity index (χ2v) is 13.5. The summed E-state index contributed by atoms with van der Waals surface area (Å²) in [5, 5.41) is 23.1. The van der Waals surface area contributed by atoms with Crippen molar-refractivity contribution in [3.63, 3.8) is 0 Å². The third kappa shape index (κ3) is 5.29. The number of hydrogen-bond acceptors (Lipinski definition) is 10. The number of aliphatic hydroxyl groups excluding tert-OH is 1. The van der Waals surface area contributed by atoms with Crippen LogP contribution in [0.1, 0.15) is 62.5 Å². The van der Waals surface area contributed by atoms with Gasteiger partial charge in [-0.15, -0.1) is 11.3 Å². The Morgan fingerprint density at radius 1 is 1.27 bits per heavy atom. The zero-order chi connectivity index (χ0) is 28.1. The number of fused-ring (bicyclic) bond motifs is 4. The molecule has 13 heteroatoms. The Balaban J connectivity index is 1.26. The van der Waals surface area contributed by atoms with E-state index in [0.29, 0.717) is 34.1 Å². The van der Waals surface area contributed by atoms with Gasteiger partial charge in [0.15, 0.2) is 0 Å². The molecule has 40 heavy (non-hydrogen) atoms. The molecule has 2 aromatic heterocycles. The fourth-order valence-electron chi connectivity index (χ4n) is 6.39. The van der Waals surface area contributed by atoms with E-state index in [2.05, 4.69) is 36.9 Å². The van der Waals surface area contributed by atoms with E-state index in [0.717, 1.165) is 37.8 Å². The van der Waals surface area contributed by atoms with Crippen LogP contribution in [0.25, 0.3) is 0 Å². The molecule has 0 bridgehead atoms. The van der Waals surface area contributed by atoms with E-state index in [4.69, 9.17) is 16.7 Å². The van der Waals surface area contributed by atoms with Crippen LogP contribution < -0.4 is 15.8 Å². The van der Waals surface area contributed by atoms with Gasteiger partial charge < -0.3 is 15.7 Å². The summed E-state index contributed by atoms with van der Waals surface area (Å²) in [6, 6.07) is 7.88. The highest BCUT2D eigenvalue weighted by molar-refractivity contribution is 7.84. The summed E-state index contributed by atoms with van der Waals surface area (Å²) in [6.07, 6.45) is 6.64. The van der Waals surface area contributed by atoms with Gasteiger partial charge >= 0.3 is 10.3 Å². The number of nitrogens with two attached hydrogens (primary N) is 1. The minimum atomic E-state index is -4.10. The van der Waals surface area contributed by atoms with Gasteiger partial charge in [-0.1, -0.05) is 17.7 Å². The third-order valence-electron chi connectivity index (χ3n) is 8.20. The Morgan fingerprint density at radius 3 is 2.95 bits per heavy atom. The minimum Gasteiger partial charge on any atom is -0.393 e. The molecule has 3 aliphatic rings. The smallest absolute Gasteiger partial charge is 0.333 e. The van der Waals surface area contributed by atoms with Crippen molar-refractivity contribution in [1.29, 1.82) is 0 Å². The van der Waals surface area contributed by atoms with E-state index in [9.17, 15) is 18.3 Å². The third-order valence-corrected chi connectivity index (χ3v) is 10.1. The molecule has 1 spiro atoms. The molecule has 1 aliphatic heterocycles. The molecular formula is C27H30ClN5O5S2. The number of aliphatic hydroxyl groups is 1. The Labute approximate surface area is 241 Å². The number of nitrogens with one attached hydrogen (secondary N) is 2. The normalized spacial score (nSPS) is 25.9. The predicted octanol–water partition coefficient (Wildman–Crippen LogP) is 2.92. The molecule has 10 nitrogen and oxygen atoms in total. The summed E-state index contributed by atoms with van der Waals surface area (Å²) in [5.41, 5.74) is 3.58. The zero-order valence-corrected chi connectivity index (χ0v) is 24.0. The van der Waals surface area contributed by atoms with E-state index < -0.39 is 22.3 Å². The lowest BCUT2D eigenvalue weighted by Gasteiger charge is -2.43. The number of halogens is 1. The van der Waals surface area contributed by atoms with Crippen LogP contribution in [-0.4, -0.2) is 54.6 Å². The average molecular weight is 604 g/mol. The summed E-state index contributed by atoms with van der Waals surface area (Å²) in [7, 11) is -4.10. The van der Waals surface area contributed by atoms with Crippen molar-refractivity contribution >= 4 is 44.8 Å². The lowest BCUT2D eigenvalue weighted by Crippen LogP contribution is -2.49. The van der Waals surface area contributed by atoms with Crippen molar-refractivity contribution in [2.24, 2.45) is 11.1 Å². The monoisotopic (exact) mass is 603 g/mol. The highest BCUT2D eigenvalue weighted by Gasteiger charge is 2.43. The number of anilines is 1. The van der Waals surface area contributed by atoms with Crippen molar-refractivity contribution in [1.82, 2.24) is 15.3 Å². The number of aromatic nitrogens is 2. The Morgan fingerprint density at radius 2 is 2.12 bits per heavy atom. The molecule has 3 heterocycles. The standard InChI is InChI=1S/C27H30ClN5O5S2/c28-17-4-3-15-5-7-32-27(20(15)9-17)6-1-2-23-21(27)11-24(39-23)25(35)19-12-30-14-31-26(19)33-18-8-16(22(34)10-18)13-38-40(29,36)37/h3-4,9,11-12,14,16,18,22,32,34H,1-2,5-8,10,13H2,(H2,29,36,37)(H,30,31,33)/t16-,18-,22+,27-/m1/s1. The fraction of sp³-hybridized carbons (Fsp3) is 0.444. The first-order valence-corrected chi connectivity index (χ1v) is 15.9. The number of nitrogens with zero attached hydrogens (tertiary/aromatic N) is 2. The maximum atomic E-state index is 13.9. The molecule has 1 aromatic carbocycles. The number of ketones is 1. The Kier molecular flexibility index (Phi) is 7.45. The van der Waals surface area contributed by atoms with Gasteiger partial charge in [-0.05, 0) is 73.4 Å². The maximum absolute atomic E-state index is 13.9. The number of carbonyl (C=O) groups is 1. The van der Waals surface area contributed by atoms with Gasteiger partial charge in [0.2, 0.25) is 5.78 Å². The molecule has 0 unspecified atom stereocenters. The number of carbonyl (C=O) groups excluding carboxylic acids is 1. The number of benzene rings is 1. The molecule has 212 valence electrons. The summed E-state index contributed by atoms with van der Waals surface area (Å²) >= 11 is 7.94. The summed E-state index contributed by atoms with van der Waals surface area (Å²) in [6.45, 7) is 0.642. The number of hydrogen-bond donors (Lipinski definition) is 4. The largest absolute Gasteiger partial charge is 0.393 e. The van der Waals surface area contributed by atoms with E-state index in [-0.39, 0.29) is 24.0 Å². The van der Waals surface area contributed by atoms with Gasteiger partial charge in [-0.3, -0.25) is 8.98 Å². The quantitative estimate of drug-likeness (QED) is 0.298. The molecule has 4 atom stereocenters. The van der Waals surface area contributed by atoms with Crippen molar-refractivity contribution in [3.05, 3.63) is 73.8 Å². The van der Waals surface area contributed by atoms with Crippen LogP contribution >= 0.6 is 22.9 Å². The first-order chi connectivity index (χ1) is 19.1. The number of thiophene rings is 1. The van der Waals surface area contributed by atoms with Gasteiger partial charge in [0, 0.05) is 34.6 Å². The fourth-order valence-corrected chi connectivity index (χ4v) is 8.16. The minimum absolute atomic E-state index is 0.174. The Hall–Kier alpha value is -2.45. The van der Waals surface area contributed by atoms with Crippen LogP contribution in [0.5, 0.6) is 0 Å². The molecule has 1 fully saturated rings. The molecular weight excluding hydrogens is 574 g/mol. The molecule has 2 aliphatic carbocycles. The van der Waals surface area contributed by atoms with Crippen LogP contribution in [0.15, 0.2) is 36.8 Å². The Bertz CT molecular complexity index is 1560. The summed E-state index contributed by atoms with van der Waals surface area (Å²) < 4.78 is 27.0. The average Bonchev–Trinajstić information content (AvgIpc) is 3.51. The van der Waals surface area contributed by atoms with Gasteiger partial charge in [0.25, 0.3) is 0 Å². The van der Waals surface area contributed by atoms with Crippen LogP contribution in [0.4, 0.5) is 5.82 Å². The van der Waals surface area contributed by atoms with E-state index >= 15 is 0 Å². The van der Waals surface area contributed by atoms with Crippen LogP contribution in [0.2, 0.25) is 5.02 Å². The topological polar surface area (TPSA) is 157 Å². The van der Waals surface area contributed by atoms with Gasteiger partial charge in [0.05, 0.1) is 28.7 Å². The van der Waals surface area contributed by atoms with Gasteiger partial charge in [0.1, 0.15) is 12.1 Å². The first kappa shape index (κ1) is 27.7. The van der Waals surface area contributed by atoms with Crippen molar-refractivity contribution < 1.29 is 22.5 Å². The van der Waals surface area contributed by atoms with Crippen LogP contribution in [0, 0.1) is 5.92 Å². The lowest BCUT2D eigenvalue weighted by molar-refractivity contribution is 0.101. The van der Waals surface area contributed by atoms with Crippen molar-refractivity contribution in [2.45, 2.75) is 56.2 Å². The van der Waals surface area contributed by atoms with Crippen LogP contribution in [-0.2, 0) is 32.9 Å². The molecule has 1 saturated carbocycles. The molecule has 0 amide bonds. The highest BCUT2D eigenvalue weighted by atomic mass is 35.5. The van der Waals surface area contributed by atoms with E-state index in [1.165, 1.54) is 39.9 Å². The molecule has 3 aromatic rings. The lowest BCUT2D eigenvalue weighted by atomic mass is 9.71. The van der Waals surface area contributed by atoms with Gasteiger partial charge in [-0.25, -0.2) is 15.1 Å². The molecule has 5 N–H and O–H groups in total. The number of aryl methyl sites for hydroxylation is 1. The summed E-state index contributed by atoms with van der Waals surface area (Å²) in [4.78, 5) is 24.1. The summed E-state index contributed by atoms with van der Waals surface area (Å²) in [5.74, 6) is -0.219. The second kappa shape index (κ2) is 10.8. The van der Waals surface area contributed by atoms with Crippen molar-refractivity contribution in [3.8, 4) is 0 Å². The molecule has 6 rings (SSSR count). The van der Waals surface area contributed by atoms with Crippen LogP contribution in [0.3, 0.4) is 0 Å². The van der Waals surface area contributed by atoms with E-state index in [1.54, 1.807) is 0 Å². The second-order valence-electron chi connectivity index (χ2n) is 10.7. The first-order valence-electron chi connectivity index (χ1n) is 13.3. The zero-order valence-electron chi connectivity index (χ0n) is 21.6. The number of rotatable bonds is 7. The predicted molar refractivity (Wildman–Crippen MR) is 152 cm³/mol. The van der Waals surface area contributed by atoms with Gasteiger partial charge in [-0.2, -0.15) is 8.42 Å². The van der Waals surface area contributed by atoms with Crippen molar-refractivity contribution in [2.75, 3.05) is 18.5 Å². The maximum Gasteiger partial charge on any atom is 0.333 e. The molecule has 0 radical (unpaired) electrons. The van der Waals surface area contributed by atoms with E-state index in [1.807, 2.05) is 12.1 Å². The highest BCUT2D eigenvalue weighted by Crippen LogP contribution is 2.47. The molecule has 0 saturated heterocycles. The SMILES string of the molecule is NS(=O)(=O)OC[C@H]1C[C@@H](Nc2ncncc2C(=O)c2cc3c(s2)CCC[C@]32NCCc3ccc(Cl)cc32)C[C@@H]1O.